The van der Waals surface area contributed by atoms with Crippen LogP contribution < -0.4 is 10.8 Å². The molecule has 0 spiro atoms. The molecule has 4 N–H and O–H groups in total. The first kappa shape index (κ1) is 20.4. The van der Waals surface area contributed by atoms with Crippen LogP contribution in [0.25, 0.3) is 11.1 Å². The standard InChI is InChI=1S/C22H16F3N3O3/c23-22(24,25)18-11-19-14(9-17(18)12-3-2-6-16(29)8-12)10-20(27-19)26-15-5-1-4-13(7-15)21(30)28-31/h1-9,11,29,31H,10H2,(H,26,27)(H,28,30). The third-order valence-electron chi connectivity index (χ3n) is 4.81. The zero-order valence-corrected chi connectivity index (χ0v) is 15.9. The van der Waals surface area contributed by atoms with Crippen molar-refractivity contribution in [2.75, 3.05) is 5.32 Å². The number of hydroxylamine groups is 1. The van der Waals surface area contributed by atoms with Gasteiger partial charge >= 0.3 is 6.18 Å². The molecule has 0 bridgehead atoms. The van der Waals surface area contributed by atoms with E-state index in [0.29, 0.717) is 17.1 Å². The van der Waals surface area contributed by atoms with E-state index in [1.54, 1.807) is 17.6 Å². The number of phenols is 1. The number of anilines is 1. The van der Waals surface area contributed by atoms with Crippen molar-refractivity contribution in [2.45, 2.75) is 12.6 Å². The van der Waals surface area contributed by atoms with Gasteiger partial charge in [0.2, 0.25) is 0 Å². The molecule has 0 fully saturated rings. The lowest BCUT2D eigenvalue weighted by molar-refractivity contribution is -0.137. The zero-order chi connectivity index (χ0) is 22.2. The number of amides is 1. The van der Waals surface area contributed by atoms with E-state index in [1.807, 2.05) is 0 Å². The van der Waals surface area contributed by atoms with Crippen molar-refractivity contribution in [3.63, 3.8) is 0 Å². The number of nitrogens with one attached hydrogen (secondary N) is 2. The van der Waals surface area contributed by atoms with Crippen molar-refractivity contribution >= 4 is 23.1 Å². The van der Waals surface area contributed by atoms with Crippen LogP contribution in [0.3, 0.4) is 0 Å². The number of aromatic hydroxyl groups is 1. The summed E-state index contributed by atoms with van der Waals surface area (Å²) in [6.45, 7) is 0. The maximum absolute atomic E-state index is 13.7. The Balaban J connectivity index is 1.68. The number of halogens is 3. The fraction of sp³-hybridized carbons (Fsp3) is 0.0909. The Morgan fingerprint density at radius 2 is 1.81 bits per heavy atom. The van der Waals surface area contributed by atoms with Gasteiger partial charge in [-0.2, -0.15) is 13.2 Å². The Morgan fingerprint density at radius 3 is 2.52 bits per heavy atom. The summed E-state index contributed by atoms with van der Waals surface area (Å²) < 4.78 is 41.1. The number of benzene rings is 3. The second-order valence-corrected chi connectivity index (χ2v) is 6.96. The average molecular weight is 427 g/mol. The van der Waals surface area contributed by atoms with Gasteiger partial charge in [-0.25, -0.2) is 10.5 Å². The minimum absolute atomic E-state index is 0.0415. The summed E-state index contributed by atoms with van der Waals surface area (Å²) in [6, 6.07) is 14.3. The van der Waals surface area contributed by atoms with Crippen LogP contribution in [0.4, 0.5) is 24.5 Å². The fourth-order valence-electron chi connectivity index (χ4n) is 3.43. The van der Waals surface area contributed by atoms with Gasteiger partial charge in [-0.05, 0) is 59.2 Å². The van der Waals surface area contributed by atoms with Gasteiger partial charge in [-0.15, -0.1) is 0 Å². The van der Waals surface area contributed by atoms with Crippen LogP contribution >= 0.6 is 0 Å². The summed E-state index contributed by atoms with van der Waals surface area (Å²) in [5.41, 5.74) is 2.40. The Bertz CT molecular complexity index is 1210. The zero-order valence-electron chi connectivity index (χ0n) is 15.9. The van der Waals surface area contributed by atoms with E-state index in [9.17, 15) is 23.1 Å². The highest BCUT2D eigenvalue weighted by Gasteiger charge is 2.35. The largest absolute Gasteiger partial charge is 0.508 e. The Kier molecular flexibility index (Phi) is 5.12. The molecule has 0 unspecified atom stereocenters. The molecule has 1 heterocycles. The summed E-state index contributed by atoms with van der Waals surface area (Å²) in [5.74, 6) is -0.403. The molecule has 31 heavy (non-hydrogen) atoms. The summed E-state index contributed by atoms with van der Waals surface area (Å²) in [4.78, 5) is 15.8. The van der Waals surface area contributed by atoms with Crippen LogP contribution in [-0.2, 0) is 12.6 Å². The van der Waals surface area contributed by atoms with Crippen LogP contribution in [0.5, 0.6) is 5.75 Å². The fourth-order valence-corrected chi connectivity index (χ4v) is 3.43. The molecule has 0 aromatic heterocycles. The van der Waals surface area contributed by atoms with E-state index in [1.165, 1.54) is 42.5 Å². The smallest absolute Gasteiger partial charge is 0.417 e. The van der Waals surface area contributed by atoms with Crippen LogP contribution in [0.15, 0.2) is 65.7 Å². The molecule has 1 aliphatic rings. The second kappa shape index (κ2) is 7.77. The van der Waals surface area contributed by atoms with Gasteiger partial charge in [-0.3, -0.25) is 10.0 Å². The van der Waals surface area contributed by atoms with Gasteiger partial charge in [0, 0.05) is 17.7 Å². The molecule has 6 nitrogen and oxygen atoms in total. The quantitative estimate of drug-likeness (QED) is 0.354. The molecule has 0 saturated carbocycles. The molecule has 0 radical (unpaired) electrons. The van der Waals surface area contributed by atoms with E-state index in [0.717, 1.165) is 6.07 Å². The lowest BCUT2D eigenvalue weighted by Crippen LogP contribution is -2.19. The first-order valence-electron chi connectivity index (χ1n) is 9.17. The molecule has 9 heteroatoms. The predicted molar refractivity (Wildman–Crippen MR) is 109 cm³/mol. The molecule has 0 aliphatic carbocycles. The van der Waals surface area contributed by atoms with Gasteiger partial charge in [-0.1, -0.05) is 18.2 Å². The highest BCUT2D eigenvalue weighted by atomic mass is 19.4. The number of amidine groups is 1. The first-order valence-corrected chi connectivity index (χ1v) is 9.17. The number of hydrogen-bond acceptors (Lipinski definition) is 5. The number of fused-ring (bicyclic) bond motifs is 1. The molecule has 158 valence electrons. The molecule has 3 aromatic rings. The summed E-state index contributed by atoms with van der Waals surface area (Å²) in [6.07, 6.45) is -4.34. The third-order valence-corrected chi connectivity index (χ3v) is 4.81. The van der Waals surface area contributed by atoms with E-state index in [-0.39, 0.29) is 34.5 Å². The highest BCUT2D eigenvalue weighted by Crippen LogP contribution is 2.43. The average Bonchev–Trinajstić information content (AvgIpc) is 3.13. The Morgan fingerprint density at radius 1 is 1.03 bits per heavy atom. The summed E-state index contributed by atoms with van der Waals surface area (Å²) >= 11 is 0. The van der Waals surface area contributed by atoms with E-state index in [4.69, 9.17) is 5.21 Å². The van der Waals surface area contributed by atoms with Gasteiger partial charge in [0.15, 0.2) is 0 Å². The maximum Gasteiger partial charge on any atom is 0.417 e. The van der Waals surface area contributed by atoms with E-state index in [2.05, 4.69) is 10.3 Å². The monoisotopic (exact) mass is 427 g/mol. The lowest BCUT2D eigenvalue weighted by Gasteiger charge is -2.15. The van der Waals surface area contributed by atoms with Crippen molar-refractivity contribution in [1.29, 1.82) is 0 Å². The molecular weight excluding hydrogens is 411 g/mol. The number of nitrogens with zero attached hydrogens (tertiary/aromatic N) is 1. The van der Waals surface area contributed by atoms with Gasteiger partial charge < -0.3 is 10.4 Å². The van der Waals surface area contributed by atoms with Crippen molar-refractivity contribution < 1.29 is 28.3 Å². The van der Waals surface area contributed by atoms with Crippen LogP contribution in [0.1, 0.15) is 21.5 Å². The molecule has 1 amide bonds. The van der Waals surface area contributed by atoms with Crippen molar-refractivity contribution in [2.24, 2.45) is 4.99 Å². The normalized spacial score (nSPS) is 12.8. The second-order valence-electron chi connectivity index (χ2n) is 6.96. The Labute approximate surface area is 174 Å². The number of carbonyl (C=O) groups excluding carboxylic acids is 1. The summed E-state index contributed by atoms with van der Waals surface area (Å²) in [7, 11) is 0. The van der Waals surface area contributed by atoms with Gasteiger partial charge in [0.1, 0.15) is 11.6 Å². The number of carbonyl (C=O) groups is 1. The van der Waals surface area contributed by atoms with Crippen molar-refractivity contribution in [3.8, 4) is 16.9 Å². The van der Waals surface area contributed by atoms with Crippen LogP contribution in [0.2, 0.25) is 0 Å². The van der Waals surface area contributed by atoms with E-state index < -0.39 is 17.6 Å². The number of aliphatic imine (C=N–C) groups is 1. The van der Waals surface area contributed by atoms with Crippen molar-refractivity contribution in [3.05, 3.63) is 77.4 Å². The highest BCUT2D eigenvalue weighted by molar-refractivity contribution is 6.03. The van der Waals surface area contributed by atoms with E-state index >= 15 is 0 Å². The molecule has 3 aromatic carbocycles. The number of rotatable bonds is 3. The molecule has 1 aliphatic heterocycles. The van der Waals surface area contributed by atoms with Crippen LogP contribution in [0, 0.1) is 0 Å². The van der Waals surface area contributed by atoms with Gasteiger partial charge in [0.05, 0.1) is 11.3 Å². The third kappa shape index (κ3) is 4.22. The number of hydrogen-bond donors (Lipinski definition) is 4. The molecule has 4 rings (SSSR count). The number of alkyl halides is 3. The van der Waals surface area contributed by atoms with Crippen LogP contribution in [-0.4, -0.2) is 22.1 Å². The first-order chi connectivity index (χ1) is 14.7. The van der Waals surface area contributed by atoms with Gasteiger partial charge in [0.25, 0.3) is 5.91 Å². The molecule has 0 atom stereocenters. The Hall–Kier alpha value is -3.85. The minimum atomic E-state index is -4.60. The number of phenolic OH excluding ortho intramolecular Hbond substituents is 1. The minimum Gasteiger partial charge on any atom is -0.508 e. The predicted octanol–water partition coefficient (Wildman–Crippen LogP) is 4.90. The van der Waals surface area contributed by atoms with Crippen molar-refractivity contribution in [1.82, 2.24) is 5.48 Å². The topological polar surface area (TPSA) is 94.0 Å². The SMILES string of the molecule is O=C(NO)c1cccc(NC2=Nc3cc(C(F)(F)F)c(-c4cccc(O)c4)cc3C2)c1. The maximum atomic E-state index is 13.7. The lowest BCUT2D eigenvalue weighted by atomic mass is 9.95. The molecule has 0 saturated heterocycles. The summed E-state index contributed by atoms with van der Waals surface area (Å²) in [5, 5.41) is 21.4. The molecular formula is C22H16F3N3O3.